The lowest BCUT2D eigenvalue weighted by atomic mass is 10.1. The quantitative estimate of drug-likeness (QED) is 0.865. The van der Waals surface area contributed by atoms with Gasteiger partial charge < -0.3 is 15.2 Å². The number of rotatable bonds is 5. The first-order valence-corrected chi connectivity index (χ1v) is 6.31. The maximum absolute atomic E-state index is 9.84. The molecule has 0 radical (unpaired) electrons. The van der Waals surface area contributed by atoms with Crippen molar-refractivity contribution in [3.63, 3.8) is 0 Å². The van der Waals surface area contributed by atoms with Gasteiger partial charge in [-0.3, -0.25) is 0 Å². The predicted molar refractivity (Wildman–Crippen MR) is 76.4 cm³/mol. The second-order valence-corrected chi connectivity index (χ2v) is 4.58. The molecule has 2 N–H and O–H groups in total. The summed E-state index contributed by atoms with van der Waals surface area (Å²) < 4.78 is 5.05. The van der Waals surface area contributed by atoms with Crippen LogP contribution in [0.15, 0.2) is 42.5 Å². The fourth-order valence-electron chi connectivity index (χ4n) is 1.87. The van der Waals surface area contributed by atoms with Gasteiger partial charge >= 0.3 is 0 Å². The second kappa shape index (κ2) is 6.25. The van der Waals surface area contributed by atoms with Crippen LogP contribution in [0.2, 0.25) is 0 Å². The molecular weight excluding hydrogens is 238 g/mol. The van der Waals surface area contributed by atoms with Crippen LogP contribution < -0.4 is 10.1 Å². The van der Waals surface area contributed by atoms with E-state index >= 15 is 0 Å². The second-order valence-electron chi connectivity index (χ2n) is 4.58. The molecule has 0 atom stereocenters. The van der Waals surface area contributed by atoms with Gasteiger partial charge in [0.15, 0.2) is 0 Å². The van der Waals surface area contributed by atoms with Gasteiger partial charge in [-0.1, -0.05) is 35.9 Å². The van der Waals surface area contributed by atoms with Crippen molar-refractivity contribution >= 4 is 0 Å². The smallest absolute Gasteiger partial charge is 0.123 e. The molecular formula is C16H19NO2. The summed E-state index contributed by atoms with van der Waals surface area (Å²) in [4.78, 5) is 0. The highest BCUT2D eigenvalue weighted by atomic mass is 16.5. The average molecular weight is 257 g/mol. The Kier molecular flexibility index (Phi) is 4.42. The molecule has 100 valence electrons. The van der Waals surface area contributed by atoms with Crippen molar-refractivity contribution in [1.29, 1.82) is 0 Å². The number of benzene rings is 2. The highest BCUT2D eigenvalue weighted by Crippen LogP contribution is 2.23. The van der Waals surface area contributed by atoms with Gasteiger partial charge in [-0.15, -0.1) is 0 Å². The van der Waals surface area contributed by atoms with Crippen LogP contribution in [0.4, 0.5) is 0 Å². The van der Waals surface area contributed by atoms with Crippen LogP contribution in [-0.2, 0) is 13.1 Å². The molecule has 0 saturated heterocycles. The van der Waals surface area contributed by atoms with Gasteiger partial charge in [0.25, 0.3) is 0 Å². The molecule has 2 aromatic carbocycles. The van der Waals surface area contributed by atoms with Gasteiger partial charge in [0.05, 0.1) is 7.11 Å². The van der Waals surface area contributed by atoms with E-state index in [1.807, 2.05) is 12.1 Å². The van der Waals surface area contributed by atoms with Gasteiger partial charge in [-0.05, 0) is 18.6 Å². The number of aryl methyl sites for hydroxylation is 1. The maximum Gasteiger partial charge on any atom is 0.123 e. The molecule has 3 nitrogen and oxygen atoms in total. The van der Waals surface area contributed by atoms with Crippen molar-refractivity contribution < 1.29 is 9.84 Å². The first-order chi connectivity index (χ1) is 9.19. The standard InChI is InChI=1S/C16H19NO2/c1-12-3-5-13(6-4-12)10-17-11-14-7-8-15(19-2)9-16(14)18/h3-9,17-18H,10-11H2,1-2H3. The molecule has 0 heterocycles. The highest BCUT2D eigenvalue weighted by molar-refractivity contribution is 5.39. The molecule has 0 amide bonds. The van der Waals surface area contributed by atoms with E-state index in [1.165, 1.54) is 11.1 Å². The van der Waals surface area contributed by atoms with E-state index < -0.39 is 0 Å². The van der Waals surface area contributed by atoms with Crippen molar-refractivity contribution in [3.05, 3.63) is 59.2 Å². The Morgan fingerprint density at radius 1 is 1.05 bits per heavy atom. The summed E-state index contributed by atoms with van der Waals surface area (Å²) >= 11 is 0. The Labute approximate surface area is 113 Å². The third-order valence-electron chi connectivity index (χ3n) is 3.06. The lowest BCUT2D eigenvalue weighted by Crippen LogP contribution is -2.12. The first-order valence-electron chi connectivity index (χ1n) is 6.31. The summed E-state index contributed by atoms with van der Waals surface area (Å²) in [5.41, 5.74) is 3.36. The summed E-state index contributed by atoms with van der Waals surface area (Å²) in [7, 11) is 1.59. The number of methoxy groups -OCH3 is 1. The van der Waals surface area contributed by atoms with Crippen molar-refractivity contribution in [1.82, 2.24) is 5.32 Å². The van der Waals surface area contributed by atoms with Crippen molar-refractivity contribution in [3.8, 4) is 11.5 Å². The molecule has 0 aliphatic heterocycles. The zero-order valence-corrected chi connectivity index (χ0v) is 11.3. The van der Waals surface area contributed by atoms with Crippen LogP contribution in [0.25, 0.3) is 0 Å². The number of hydrogen-bond acceptors (Lipinski definition) is 3. The topological polar surface area (TPSA) is 41.5 Å². The normalized spacial score (nSPS) is 10.4. The number of phenolic OH excluding ortho intramolecular Hbond substituents is 1. The fraction of sp³-hybridized carbons (Fsp3) is 0.250. The number of phenols is 1. The zero-order valence-electron chi connectivity index (χ0n) is 11.3. The molecule has 19 heavy (non-hydrogen) atoms. The molecule has 2 aromatic rings. The van der Waals surface area contributed by atoms with E-state index in [1.54, 1.807) is 13.2 Å². The van der Waals surface area contributed by atoms with E-state index in [0.717, 1.165) is 12.1 Å². The minimum Gasteiger partial charge on any atom is -0.507 e. The Bertz CT molecular complexity index is 535. The minimum absolute atomic E-state index is 0.260. The first kappa shape index (κ1) is 13.4. The molecule has 3 heteroatoms. The van der Waals surface area contributed by atoms with Crippen molar-refractivity contribution in [2.75, 3.05) is 7.11 Å². The fourth-order valence-corrected chi connectivity index (χ4v) is 1.87. The molecule has 2 rings (SSSR count). The van der Waals surface area contributed by atoms with Crippen molar-refractivity contribution in [2.24, 2.45) is 0 Å². The third kappa shape index (κ3) is 3.73. The number of hydrogen-bond donors (Lipinski definition) is 2. The Morgan fingerprint density at radius 2 is 1.79 bits per heavy atom. The molecule has 0 bridgehead atoms. The summed E-state index contributed by atoms with van der Waals surface area (Å²) in [6.07, 6.45) is 0. The average Bonchev–Trinajstić information content (AvgIpc) is 2.42. The van der Waals surface area contributed by atoms with Gasteiger partial charge in [-0.2, -0.15) is 0 Å². The summed E-state index contributed by atoms with van der Waals surface area (Å²) in [6.45, 7) is 3.49. The minimum atomic E-state index is 0.260. The van der Waals surface area contributed by atoms with Crippen LogP contribution >= 0.6 is 0 Å². The van der Waals surface area contributed by atoms with Crippen LogP contribution in [0.1, 0.15) is 16.7 Å². The summed E-state index contributed by atoms with van der Waals surface area (Å²) in [5.74, 6) is 0.926. The monoisotopic (exact) mass is 257 g/mol. The zero-order chi connectivity index (χ0) is 13.7. The maximum atomic E-state index is 9.84. The predicted octanol–water partition coefficient (Wildman–Crippen LogP) is 3.00. The number of nitrogens with one attached hydrogen (secondary N) is 1. The van der Waals surface area contributed by atoms with Gasteiger partial charge in [-0.25, -0.2) is 0 Å². The third-order valence-corrected chi connectivity index (χ3v) is 3.06. The molecule has 0 fully saturated rings. The lowest BCUT2D eigenvalue weighted by molar-refractivity contribution is 0.406. The molecule has 0 aliphatic rings. The summed E-state index contributed by atoms with van der Waals surface area (Å²) in [5, 5.41) is 13.2. The van der Waals surface area contributed by atoms with Gasteiger partial charge in [0, 0.05) is 24.7 Å². The van der Waals surface area contributed by atoms with E-state index in [0.29, 0.717) is 12.3 Å². The van der Waals surface area contributed by atoms with Gasteiger partial charge in [0.2, 0.25) is 0 Å². The molecule has 0 spiro atoms. The lowest BCUT2D eigenvalue weighted by Gasteiger charge is -2.08. The van der Waals surface area contributed by atoms with Crippen LogP contribution in [0.5, 0.6) is 11.5 Å². The van der Waals surface area contributed by atoms with E-state index in [2.05, 4.69) is 36.5 Å². The van der Waals surface area contributed by atoms with Crippen LogP contribution in [0, 0.1) is 6.92 Å². The number of aromatic hydroxyl groups is 1. The van der Waals surface area contributed by atoms with Crippen LogP contribution in [0.3, 0.4) is 0 Å². The molecule has 0 unspecified atom stereocenters. The van der Waals surface area contributed by atoms with E-state index in [-0.39, 0.29) is 5.75 Å². The SMILES string of the molecule is COc1ccc(CNCc2ccc(C)cc2)c(O)c1. The van der Waals surface area contributed by atoms with Crippen molar-refractivity contribution in [2.45, 2.75) is 20.0 Å². The molecule has 0 aliphatic carbocycles. The number of ether oxygens (including phenoxy) is 1. The van der Waals surface area contributed by atoms with Crippen LogP contribution in [-0.4, -0.2) is 12.2 Å². The largest absolute Gasteiger partial charge is 0.507 e. The summed E-state index contributed by atoms with van der Waals surface area (Å²) in [6, 6.07) is 13.8. The Morgan fingerprint density at radius 3 is 2.42 bits per heavy atom. The van der Waals surface area contributed by atoms with Gasteiger partial charge in [0.1, 0.15) is 11.5 Å². The Balaban J connectivity index is 1.90. The van der Waals surface area contributed by atoms with E-state index in [4.69, 9.17) is 4.74 Å². The highest BCUT2D eigenvalue weighted by Gasteiger charge is 2.02. The molecule has 0 aromatic heterocycles. The molecule has 0 saturated carbocycles. The van der Waals surface area contributed by atoms with E-state index in [9.17, 15) is 5.11 Å². The Hall–Kier alpha value is -2.00.